The Morgan fingerprint density at radius 2 is 0.594 bits per heavy atom. The molecule has 0 atom stereocenters. The summed E-state index contributed by atoms with van der Waals surface area (Å²) in [6.45, 7) is 0. The fourth-order valence-corrected chi connectivity index (χ4v) is 25.7. The van der Waals surface area contributed by atoms with Gasteiger partial charge in [-0.1, -0.05) is 358 Å². The van der Waals surface area contributed by atoms with E-state index in [0.29, 0.717) is 0 Å². The third-order valence-corrected chi connectivity index (χ3v) is 32.0. The summed E-state index contributed by atoms with van der Waals surface area (Å²) in [4.78, 5) is 4.94. The molecule has 6 heteroatoms. The number of benzene rings is 25. The number of nitrogens with zero attached hydrogens (tertiary/aromatic N) is 2. The highest BCUT2D eigenvalue weighted by molar-refractivity contribution is 7.27. The van der Waals surface area contributed by atoms with Crippen LogP contribution in [0.25, 0.3) is 246 Å². The average molecular weight is 1810 g/mol. The molecule has 4 aromatic heterocycles. The Balaban J connectivity index is 0.000000137. The molecule has 0 unspecified atom stereocenters. The maximum atomic E-state index is 6.69. The lowest BCUT2D eigenvalue weighted by atomic mass is 9.91. The van der Waals surface area contributed by atoms with Crippen molar-refractivity contribution >= 4 is 248 Å². The molecule has 138 heavy (non-hydrogen) atoms. The van der Waals surface area contributed by atoms with Gasteiger partial charge in [0.2, 0.25) is 0 Å². The third-order valence-electron chi connectivity index (χ3n) is 28.5. The summed E-state index contributed by atoms with van der Waals surface area (Å²) < 4.78 is 14.6. The molecule has 29 aromatic rings. The van der Waals surface area contributed by atoms with Crippen LogP contribution in [0.4, 0.5) is 34.1 Å². The van der Waals surface area contributed by atoms with E-state index >= 15 is 0 Å². The van der Waals surface area contributed by atoms with Crippen LogP contribution in [0.3, 0.4) is 0 Å². The molecule has 25 aromatic carbocycles. The molecular formula is C132H80N2OS3. The molecule has 0 spiro atoms. The van der Waals surface area contributed by atoms with E-state index < -0.39 is 0 Å². The molecule has 0 fully saturated rings. The molecule has 0 aliphatic carbocycles. The standard InChI is InChI=1S/C70H43NOS.C62H37NS2/c1-2-17-48-39-57(35-33-44(48)15-1)71(55-26-13-22-49(40-55)46-20-11-24-51(37-46)63-42-52-18-4-7-29-59(52)67-61-31-9-10-32-64(61)72-69(63)67)56-27-14-23-50(41-56)47-21-12-25-54(38-47)66-58-28-6-5-19-53(58)43-65-68(66)62-36-34-45-16-3-8-30-60(45)70(62)73-65;1-2-15-40-33-46(28-25-38(40)13-1)63(56-35-44(31-42-16-4-6-18-47(42)56)41-27-30-59-55(34-41)51-22-11-12-24-58(51)64-59)57-36-45(32-43-17-5-7-19-48(43)57)54-37-60-61(52-23-10-9-21-50(52)54)53-29-26-39-14-3-8-20-49(39)62(53)65-60/h1-43H;1-37H. The van der Waals surface area contributed by atoms with Crippen LogP contribution in [0.2, 0.25) is 0 Å². The number of rotatable bonds is 12. The number of hydrogen-bond donors (Lipinski definition) is 0. The number of hydrogen-bond acceptors (Lipinski definition) is 6. The van der Waals surface area contributed by atoms with E-state index in [1.807, 2.05) is 40.1 Å². The van der Waals surface area contributed by atoms with Gasteiger partial charge in [0.15, 0.2) is 0 Å². The monoisotopic (exact) mass is 1800 g/mol. The number of furan rings is 1. The zero-order valence-electron chi connectivity index (χ0n) is 74.7. The topological polar surface area (TPSA) is 19.6 Å². The Morgan fingerprint density at radius 1 is 0.167 bits per heavy atom. The van der Waals surface area contributed by atoms with Crippen molar-refractivity contribution in [3.8, 4) is 66.8 Å². The molecule has 0 saturated heterocycles. The van der Waals surface area contributed by atoms with Gasteiger partial charge in [0.25, 0.3) is 0 Å². The third kappa shape index (κ3) is 13.3. The van der Waals surface area contributed by atoms with Crippen LogP contribution in [0, 0.1) is 0 Å². The second-order valence-corrected chi connectivity index (χ2v) is 39.6. The summed E-state index contributed by atoms with van der Waals surface area (Å²) >= 11 is 5.69. The van der Waals surface area contributed by atoms with Crippen LogP contribution >= 0.6 is 34.0 Å². The van der Waals surface area contributed by atoms with Gasteiger partial charge in [-0.2, -0.15) is 0 Å². The Labute approximate surface area is 807 Å². The zero-order valence-corrected chi connectivity index (χ0v) is 77.2. The van der Waals surface area contributed by atoms with Gasteiger partial charge in [0.05, 0.1) is 11.4 Å². The number of thiophene rings is 3. The summed E-state index contributed by atoms with van der Waals surface area (Å²) in [7, 11) is 0. The summed E-state index contributed by atoms with van der Waals surface area (Å²) in [6, 6.07) is 179. The zero-order chi connectivity index (χ0) is 90.6. The minimum absolute atomic E-state index is 0.900. The highest BCUT2D eigenvalue weighted by atomic mass is 32.1. The molecule has 0 saturated carbocycles. The molecule has 0 radical (unpaired) electrons. The SMILES string of the molecule is c1cc(-c2cccc(N(c3cccc(-c4cccc(-c5c6ccccc6cc6sc7c8ccccc8ccc7c56)c4)c3)c3ccc4ccccc4c3)c2)cc(-c2cc3ccccc3c3c2oc2ccccc23)c1.c1ccc2cc(N(c3cc(-c4ccc5sc6ccccc6c5c4)cc4ccccc34)c3cc(-c4cc5sc6c7ccccc7ccc6c5c5ccccc45)cc4ccccc34)ccc2c1. The lowest BCUT2D eigenvalue weighted by molar-refractivity contribution is 0.670. The van der Waals surface area contributed by atoms with Gasteiger partial charge in [-0.15, -0.1) is 34.0 Å². The first-order chi connectivity index (χ1) is 68.4. The summed E-state index contributed by atoms with van der Waals surface area (Å²) in [5.41, 5.74) is 22.6. The lowest BCUT2D eigenvalue weighted by Gasteiger charge is -2.30. The normalized spacial score (nSPS) is 11.9. The van der Waals surface area contributed by atoms with Crippen molar-refractivity contribution in [2.75, 3.05) is 9.80 Å². The quantitative estimate of drug-likeness (QED) is 0.122. The number of anilines is 6. The van der Waals surface area contributed by atoms with Crippen LogP contribution in [-0.4, -0.2) is 0 Å². The fourth-order valence-electron chi connectivity index (χ4n) is 22.1. The number of fused-ring (bicyclic) bond motifs is 25. The van der Waals surface area contributed by atoms with Crippen LogP contribution in [0.1, 0.15) is 0 Å². The van der Waals surface area contributed by atoms with Gasteiger partial charge < -0.3 is 14.2 Å². The predicted octanol–water partition coefficient (Wildman–Crippen LogP) is 39.7. The fraction of sp³-hybridized carbons (Fsp3) is 0. The lowest BCUT2D eigenvalue weighted by Crippen LogP contribution is -2.11. The van der Waals surface area contributed by atoms with Crippen molar-refractivity contribution in [1.82, 2.24) is 0 Å². The van der Waals surface area contributed by atoms with Crippen molar-refractivity contribution in [2.24, 2.45) is 0 Å². The Bertz CT molecular complexity index is 10100. The van der Waals surface area contributed by atoms with Crippen molar-refractivity contribution in [2.45, 2.75) is 0 Å². The second-order valence-electron chi connectivity index (χ2n) is 36.4. The second kappa shape index (κ2) is 32.4. The molecule has 3 nitrogen and oxygen atoms in total. The minimum Gasteiger partial charge on any atom is -0.455 e. The first-order valence-corrected chi connectivity index (χ1v) is 49.6. The molecule has 642 valence electrons. The maximum absolute atomic E-state index is 6.69. The first kappa shape index (κ1) is 79.5. The van der Waals surface area contributed by atoms with Gasteiger partial charge in [-0.25, -0.2) is 0 Å². The minimum atomic E-state index is 0.900. The van der Waals surface area contributed by atoms with E-state index in [1.165, 1.54) is 196 Å². The van der Waals surface area contributed by atoms with Crippen LogP contribution < -0.4 is 9.80 Å². The highest BCUT2D eigenvalue weighted by Gasteiger charge is 2.27. The Kier molecular flexibility index (Phi) is 18.6. The van der Waals surface area contributed by atoms with Crippen LogP contribution in [-0.2, 0) is 0 Å². The smallest absolute Gasteiger partial charge is 0.143 e. The van der Waals surface area contributed by atoms with E-state index in [2.05, 4.69) is 489 Å². The number of para-hydroxylation sites is 1. The molecule has 0 amide bonds. The predicted molar refractivity (Wildman–Crippen MR) is 598 cm³/mol. The van der Waals surface area contributed by atoms with E-state index in [1.54, 1.807) is 0 Å². The Hall–Kier alpha value is -17.1. The molecular weight excluding hydrogens is 1730 g/mol. The largest absolute Gasteiger partial charge is 0.455 e. The molecule has 0 N–H and O–H groups in total. The van der Waals surface area contributed by atoms with Crippen molar-refractivity contribution in [3.63, 3.8) is 0 Å². The van der Waals surface area contributed by atoms with Crippen molar-refractivity contribution in [3.05, 3.63) is 485 Å². The molecule has 0 aliphatic heterocycles. The first-order valence-electron chi connectivity index (χ1n) is 47.2. The van der Waals surface area contributed by atoms with Gasteiger partial charge >= 0.3 is 0 Å². The Morgan fingerprint density at radius 3 is 1.23 bits per heavy atom. The molecule has 29 rings (SSSR count). The van der Waals surface area contributed by atoms with Crippen LogP contribution in [0.5, 0.6) is 0 Å². The summed E-state index contributed by atoms with van der Waals surface area (Å²) in [5, 5.41) is 32.5. The van der Waals surface area contributed by atoms with Crippen molar-refractivity contribution < 1.29 is 4.42 Å². The summed E-state index contributed by atoms with van der Waals surface area (Å²) in [6.07, 6.45) is 0. The average Bonchev–Trinajstić information content (AvgIpc) is 1.54. The van der Waals surface area contributed by atoms with Gasteiger partial charge in [-0.3, -0.25) is 0 Å². The van der Waals surface area contributed by atoms with Gasteiger partial charge in [0.1, 0.15) is 11.2 Å². The highest BCUT2D eigenvalue weighted by Crippen LogP contribution is 2.54. The maximum Gasteiger partial charge on any atom is 0.143 e. The molecule has 4 heterocycles. The van der Waals surface area contributed by atoms with Crippen LogP contribution in [0.15, 0.2) is 490 Å². The molecule has 0 aliphatic rings. The van der Waals surface area contributed by atoms with E-state index in [-0.39, 0.29) is 0 Å². The van der Waals surface area contributed by atoms with Crippen molar-refractivity contribution in [1.29, 1.82) is 0 Å². The van der Waals surface area contributed by atoms with Gasteiger partial charge in [0, 0.05) is 110 Å². The van der Waals surface area contributed by atoms with E-state index in [0.717, 1.165) is 83.9 Å². The summed E-state index contributed by atoms with van der Waals surface area (Å²) in [5.74, 6) is 0. The van der Waals surface area contributed by atoms with Gasteiger partial charge in [-0.05, 0) is 275 Å². The molecule has 0 bridgehead atoms. The van der Waals surface area contributed by atoms with E-state index in [9.17, 15) is 0 Å². The van der Waals surface area contributed by atoms with E-state index in [4.69, 9.17) is 4.42 Å².